The van der Waals surface area contributed by atoms with Crippen LogP contribution in [0.5, 0.6) is 0 Å². The van der Waals surface area contributed by atoms with Crippen molar-refractivity contribution in [2.45, 2.75) is 40.7 Å². The SMILES string of the molecule is Cc1cccc(C)c1NC(=O)N(CC(=O)N(CCc1ccccc1)Cc1ccco1)CC(C)C. The molecular formula is C28H35N3O3. The first-order valence-corrected chi connectivity index (χ1v) is 11.8. The molecule has 6 heteroatoms. The minimum Gasteiger partial charge on any atom is -0.467 e. The van der Waals surface area contributed by atoms with E-state index in [4.69, 9.17) is 4.42 Å². The zero-order valence-electron chi connectivity index (χ0n) is 20.6. The highest BCUT2D eigenvalue weighted by Gasteiger charge is 2.23. The van der Waals surface area contributed by atoms with Crippen LogP contribution in [0.1, 0.15) is 36.3 Å². The molecule has 3 rings (SSSR count). The Labute approximate surface area is 202 Å². The molecule has 0 spiro atoms. The minimum absolute atomic E-state index is 0.00441. The van der Waals surface area contributed by atoms with Gasteiger partial charge in [-0.3, -0.25) is 4.79 Å². The normalized spacial score (nSPS) is 10.9. The third kappa shape index (κ3) is 7.24. The first-order chi connectivity index (χ1) is 16.3. The average molecular weight is 462 g/mol. The van der Waals surface area contributed by atoms with Crippen LogP contribution in [0.15, 0.2) is 71.3 Å². The first-order valence-electron chi connectivity index (χ1n) is 11.8. The van der Waals surface area contributed by atoms with Crippen molar-refractivity contribution in [2.24, 2.45) is 5.92 Å². The molecule has 3 aromatic rings. The van der Waals surface area contributed by atoms with E-state index in [1.54, 1.807) is 16.1 Å². The van der Waals surface area contributed by atoms with Crippen LogP contribution in [0.25, 0.3) is 0 Å². The van der Waals surface area contributed by atoms with Crippen LogP contribution in [0.2, 0.25) is 0 Å². The Hall–Kier alpha value is -3.54. The maximum atomic E-state index is 13.4. The van der Waals surface area contributed by atoms with E-state index in [0.717, 1.165) is 34.6 Å². The Kier molecular flexibility index (Phi) is 8.91. The minimum atomic E-state index is -0.263. The average Bonchev–Trinajstić information content (AvgIpc) is 3.32. The number of benzene rings is 2. The van der Waals surface area contributed by atoms with Crippen molar-refractivity contribution in [3.8, 4) is 0 Å². The van der Waals surface area contributed by atoms with E-state index in [9.17, 15) is 9.59 Å². The molecule has 0 aliphatic heterocycles. The van der Waals surface area contributed by atoms with Gasteiger partial charge in [0.1, 0.15) is 12.3 Å². The highest BCUT2D eigenvalue weighted by atomic mass is 16.3. The second kappa shape index (κ2) is 12.1. The second-order valence-electron chi connectivity index (χ2n) is 9.10. The van der Waals surface area contributed by atoms with Crippen molar-refractivity contribution in [1.29, 1.82) is 0 Å². The van der Waals surface area contributed by atoms with Crippen LogP contribution in [0.4, 0.5) is 10.5 Å². The van der Waals surface area contributed by atoms with Crippen molar-refractivity contribution < 1.29 is 14.0 Å². The number of amides is 3. The van der Waals surface area contributed by atoms with Crippen LogP contribution < -0.4 is 5.32 Å². The van der Waals surface area contributed by atoms with Gasteiger partial charge in [-0.2, -0.15) is 0 Å². The van der Waals surface area contributed by atoms with Crippen molar-refractivity contribution in [1.82, 2.24) is 9.80 Å². The van der Waals surface area contributed by atoms with E-state index >= 15 is 0 Å². The molecule has 0 saturated carbocycles. The lowest BCUT2D eigenvalue weighted by atomic mass is 10.1. The number of carbonyl (C=O) groups is 2. The fourth-order valence-corrected chi connectivity index (χ4v) is 3.91. The number of nitrogens with zero attached hydrogens (tertiary/aromatic N) is 2. The lowest BCUT2D eigenvalue weighted by Gasteiger charge is -2.29. The lowest BCUT2D eigenvalue weighted by Crippen LogP contribution is -2.46. The molecule has 1 aromatic heterocycles. The third-order valence-corrected chi connectivity index (χ3v) is 5.70. The van der Waals surface area contributed by atoms with E-state index in [1.807, 2.05) is 76.2 Å². The number of anilines is 1. The predicted octanol–water partition coefficient (Wildman–Crippen LogP) is 5.66. The summed E-state index contributed by atoms with van der Waals surface area (Å²) < 4.78 is 5.50. The van der Waals surface area contributed by atoms with E-state index in [1.165, 1.54) is 0 Å². The fourth-order valence-electron chi connectivity index (χ4n) is 3.91. The van der Waals surface area contributed by atoms with Crippen molar-refractivity contribution in [3.63, 3.8) is 0 Å². The van der Waals surface area contributed by atoms with Crippen molar-refractivity contribution in [3.05, 3.63) is 89.4 Å². The van der Waals surface area contributed by atoms with Gasteiger partial charge in [0.05, 0.1) is 12.8 Å². The molecule has 3 amide bonds. The van der Waals surface area contributed by atoms with Gasteiger partial charge in [-0.15, -0.1) is 0 Å². The molecular weight excluding hydrogens is 426 g/mol. The van der Waals surface area contributed by atoms with Crippen LogP contribution in [-0.4, -0.2) is 41.4 Å². The van der Waals surface area contributed by atoms with Crippen molar-refractivity contribution in [2.75, 3.05) is 25.0 Å². The molecule has 0 saturated heterocycles. The van der Waals surface area contributed by atoms with Gasteiger partial charge in [-0.05, 0) is 55.0 Å². The van der Waals surface area contributed by atoms with Gasteiger partial charge in [0.15, 0.2) is 0 Å². The van der Waals surface area contributed by atoms with Gasteiger partial charge in [0.2, 0.25) is 5.91 Å². The van der Waals surface area contributed by atoms with E-state index in [2.05, 4.69) is 17.4 Å². The first kappa shape index (κ1) is 25.1. The number of carbonyl (C=O) groups excluding carboxylic acids is 2. The summed E-state index contributed by atoms with van der Waals surface area (Å²) in [7, 11) is 0. The Morgan fingerprint density at radius 3 is 2.24 bits per heavy atom. The second-order valence-corrected chi connectivity index (χ2v) is 9.10. The van der Waals surface area contributed by atoms with Crippen LogP contribution in [0.3, 0.4) is 0 Å². The van der Waals surface area contributed by atoms with E-state index < -0.39 is 0 Å². The zero-order chi connectivity index (χ0) is 24.5. The van der Waals surface area contributed by atoms with Gasteiger partial charge >= 0.3 is 6.03 Å². The van der Waals surface area contributed by atoms with Crippen LogP contribution in [0, 0.1) is 19.8 Å². The van der Waals surface area contributed by atoms with Gasteiger partial charge < -0.3 is 19.5 Å². The number of para-hydroxylation sites is 1. The molecule has 1 heterocycles. The number of furan rings is 1. The van der Waals surface area contributed by atoms with Crippen molar-refractivity contribution >= 4 is 17.6 Å². The highest BCUT2D eigenvalue weighted by molar-refractivity contribution is 5.93. The van der Waals surface area contributed by atoms with Gasteiger partial charge in [0, 0.05) is 18.8 Å². The number of rotatable bonds is 10. The molecule has 0 fully saturated rings. The molecule has 0 bridgehead atoms. The third-order valence-electron chi connectivity index (χ3n) is 5.70. The number of hydrogen-bond acceptors (Lipinski definition) is 3. The van der Waals surface area contributed by atoms with E-state index in [0.29, 0.717) is 19.6 Å². The summed E-state index contributed by atoms with van der Waals surface area (Å²) in [6.07, 6.45) is 2.34. The number of hydrogen-bond donors (Lipinski definition) is 1. The molecule has 0 aliphatic carbocycles. The molecule has 1 N–H and O–H groups in total. The van der Waals surface area contributed by atoms with Gasteiger partial charge in [-0.25, -0.2) is 4.79 Å². The monoisotopic (exact) mass is 461 g/mol. The molecule has 6 nitrogen and oxygen atoms in total. The standard InChI is InChI=1S/C28H35N3O3/c1-21(2)18-31(28(33)29-27-22(3)10-8-11-23(27)4)20-26(32)30(19-25-14-9-17-34-25)16-15-24-12-6-5-7-13-24/h5-14,17,21H,15-16,18-20H2,1-4H3,(H,29,33). The van der Waals surface area contributed by atoms with Crippen LogP contribution >= 0.6 is 0 Å². The van der Waals surface area contributed by atoms with Gasteiger partial charge in [0.25, 0.3) is 0 Å². The summed E-state index contributed by atoms with van der Waals surface area (Å²) in [5.41, 5.74) is 3.94. The molecule has 0 atom stereocenters. The lowest BCUT2D eigenvalue weighted by molar-refractivity contribution is -0.132. The molecule has 0 radical (unpaired) electrons. The topological polar surface area (TPSA) is 65.8 Å². The molecule has 0 unspecified atom stereocenters. The summed E-state index contributed by atoms with van der Waals surface area (Å²) in [5.74, 6) is 0.834. The number of nitrogens with one attached hydrogen (secondary N) is 1. The Balaban J connectivity index is 1.74. The van der Waals surface area contributed by atoms with E-state index in [-0.39, 0.29) is 24.4 Å². The summed E-state index contributed by atoms with van der Waals surface area (Å²) in [6.45, 7) is 9.41. The maximum absolute atomic E-state index is 13.4. The molecule has 2 aromatic carbocycles. The molecule has 0 aliphatic rings. The largest absolute Gasteiger partial charge is 0.467 e. The summed E-state index contributed by atoms with van der Waals surface area (Å²) in [5, 5.41) is 3.03. The number of aryl methyl sites for hydroxylation is 2. The summed E-state index contributed by atoms with van der Waals surface area (Å²) in [6, 6.07) is 19.4. The van der Waals surface area contributed by atoms with Gasteiger partial charge in [-0.1, -0.05) is 62.4 Å². The zero-order valence-corrected chi connectivity index (χ0v) is 20.6. The summed E-state index contributed by atoms with van der Waals surface area (Å²) in [4.78, 5) is 30.0. The fraction of sp³-hybridized carbons (Fsp3) is 0.357. The Morgan fingerprint density at radius 1 is 0.912 bits per heavy atom. The molecule has 34 heavy (non-hydrogen) atoms. The van der Waals surface area contributed by atoms with Crippen LogP contribution in [-0.2, 0) is 17.8 Å². The Morgan fingerprint density at radius 2 is 1.62 bits per heavy atom. The predicted molar refractivity (Wildman–Crippen MR) is 136 cm³/mol. The Bertz CT molecular complexity index is 1040. The molecule has 180 valence electrons. The highest BCUT2D eigenvalue weighted by Crippen LogP contribution is 2.20. The number of urea groups is 1. The summed E-state index contributed by atoms with van der Waals surface area (Å²) >= 11 is 0. The maximum Gasteiger partial charge on any atom is 0.322 e. The smallest absolute Gasteiger partial charge is 0.322 e. The quantitative estimate of drug-likeness (QED) is 0.424.